The fourth-order valence-electron chi connectivity index (χ4n) is 2.66. The summed E-state index contributed by atoms with van der Waals surface area (Å²) in [7, 11) is 1.68. The smallest absolute Gasteiger partial charge is 0.321 e. The van der Waals surface area contributed by atoms with E-state index in [1.165, 1.54) is 4.90 Å². The van der Waals surface area contributed by atoms with Crippen molar-refractivity contribution in [1.82, 2.24) is 10.2 Å². The largest absolute Gasteiger partial charge is 0.480 e. The lowest BCUT2D eigenvalue weighted by Crippen LogP contribution is -2.55. The molecule has 1 rings (SSSR count). The molecule has 1 aliphatic heterocycles. The summed E-state index contributed by atoms with van der Waals surface area (Å²) in [6, 6.07) is -1.21. The van der Waals surface area contributed by atoms with Gasteiger partial charge in [0.2, 0.25) is 0 Å². The van der Waals surface area contributed by atoms with Gasteiger partial charge in [0.15, 0.2) is 0 Å². The number of aliphatic hydroxyl groups excluding tert-OH is 1. The lowest BCUT2D eigenvalue weighted by Gasteiger charge is -2.40. The summed E-state index contributed by atoms with van der Waals surface area (Å²) < 4.78 is 26.3. The molecule has 0 aromatic heterocycles. The molecule has 5 nitrogen and oxygen atoms in total. The highest BCUT2D eigenvalue weighted by molar-refractivity contribution is 5.74. The van der Waals surface area contributed by atoms with Gasteiger partial charge in [-0.25, -0.2) is 8.78 Å². The van der Waals surface area contributed by atoms with Crippen LogP contribution in [0.25, 0.3) is 0 Å². The van der Waals surface area contributed by atoms with Crippen LogP contribution >= 0.6 is 0 Å². The van der Waals surface area contributed by atoms with Crippen LogP contribution in [0.5, 0.6) is 0 Å². The van der Waals surface area contributed by atoms with E-state index in [0.717, 1.165) is 0 Å². The molecule has 0 aliphatic carbocycles. The lowest BCUT2D eigenvalue weighted by atomic mass is 9.89. The van der Waals surface area contributed by atoms with Crippen LogP contribution in [0.3, 0.4) is 0 Å². The third-order valence-electron chi connectivity index (χ3n) is 4.18. The highest BCUT2D eigenvalue weighted by atomic mass is 19.3. The Balaban J connectivity index is 2.77. The Morgan fingerprint density at radius 3 is 2.20 bits per heavy atom. The van der Waals surface area contributed by atoms with Crippen LogP contribution < -0.4 is 5.32 Å². The number of carboxylic acid groups (broad SMARTS) is 1. The quantitative estimate of drug-likeness (QED) is 0.675. The lowest BCUT2D eigenvalue weighted by molar-refractivity contribution is -0.151. The molecule has 3 N–H and O–H groups in total. The summed E-state index contributed by atoms with van der Waals surface area (Å²) in [5.74, 6) is -4.34. The molecule has 20 heavy (non-hydrogen) atoms. The van der Waals surface area contributed by atoms with Crippen molar-refractivity contribution in [3.63, 3.8) is 0 Å². The fourth-order valence-corrected chi connectivity index (χ4v) is 2.66. The SMILES string of the molecule is CN[C@@H](C)[C@H](O)[C@H](C)C(C(=O)O)N1CCC(F)(F)CC1. The zero-order valence-electron chi connectivity index (χ0n) is 12.1. The predicted octanol–water partition coefficient (Wildman–Crippen LogP) is 0.776. The van der Waals surface area contributed by atoms with E-state index in [-0.39, 0.29) is 32.0 Å². The summed E-state index contributed by atoms with van der Waals surface area (Å²) in [4.78, 5) is 13.0. The van der Waals surface area contributed by atoms with Crippen molar-refractivity contribution in [3.05, 3.63) is 0 Å². The second-order valence-corrected chi connectivity index (χ2v) is 5.60. The van der Waals surface area contributed by atoms with Crippen LogP contribution in [0.1, 0.15) is 26.7 Å². The Morgan fingerprint density at radius 1 is 1.30 bits per heavy atom. The number of halogens is 2. The minimum atomic E-state index is -2.71. The molecule has 0 amide bonds. The Hall–Kier alpha value is -0.790. The number of carboxylic acids is 1. The fraction of sp³-hybridized carbons (Fsp3) is 0.923. The van der Waals surface area contributed by atoms with E-state index in [0.29, 0.717) is 0 Å². The maximum absolute atomic E-state index is 13.2. The van der Waals surface area contributed by atoms with Gasteiger partial charge < -0.3 is 15.5 Å². The summed E-state index contributed by atoms with van der Waals surface area (Å²) in [6.07, 6.45) is -1.52. The summed E-state index contributed by atoms with van der Waals surface area (Å²) in [6.45, 7) is 3.47. The molecule has 0 aromatic rings. The minimum Gasteiger partial charge on any atom is -0.480 e. The number of likely N-dealkylation sites (N-methyl/N-ethyl adjacent to an activating group) is 1. The van der Waals surface area contributed by atoms with Gasteiger partial charge in [-0.1, -0.05) is 6.92 Å². The molecular weight excluding hydrogens is 270 g/mol. The normalized spacial score (nSPS) is 25.7. The summed E-state index contributed by atoms with van der Waals surface area (Å²) >= 11 is 0. The molecule has 1 unspecified atom stereocenters. The van der Waals surface area contributed by atoms with Gasteiger partial charge in [0.05, 0.1) is 6.10 Å². The highest BCUT2D eigenvalue weighted by Crippen LogP contribution is 2.30. The molecule has 1 aliphatic rings. The zero-order chi connectivity index (χ0) is 15.5. The van der Waals surface area contributed by atoms with Crippen molar-refractivity contribution >= 4 is 5.97 Å². The molecule has 118 valence electrons. The molecule has 0 radical (unpaired) electrons. The van der Waals surface area contributed by atoms with Gasteiger partial charge in [0, 0.05) is 37.9 Å². The molecule has 1 fully saturated rings. The Kier molecular flexibility index (Phi) is 5.85. The minimum absolute atomic E-state index is 0.0367. The van der Waals surface area contributed by atoms with Crippen molar-refractivity contribution < 1.29 is 23.8 Å². The van der Waals surface area contributed by atoms with Gasteiger partial charge in [-0.15, -0.1) is 0 Å². The van der Waals surface area contributed by atoms with Crippen LogP contribution in [0.15, 0.2) is 0 Å². The van der Waals surface area contributed by atoms with E-state index >= 15 is 0 Å². The van der Waals surface area contributed by atoms with E-state index < -0.39 is 30.0 Å². The number of nitrogens with zero attached hydrogens (tertiary/aromatic N) is 1. The standard InChI is InChI=1S/C13H24F2N2O3/c1-8(11(18)9(2)16-3)10(12(19)20)17-6-4-13(14,15)5-7-17/h8-11,16,18H,4-7H2,1-3H3,(H,19,20)/t8-,9+,10?,11-/m1/s1. The van der Waals surface area contributed by atoms with Gasteiger partial charge >= 0.3 is 5.97 Å². The van der Waals surface area contributed by atoms with Gasteiger partial charge in [0.1, 0.15) is 6.04 Å². The number of carbonyl (C=O) groups is 1. The van der Waals surface area contributed by atoms with Crippen molar-refractivity contribution in [3.8, 4) is 0 Å². The third kappa shape index (κ3) is 4.10. The van der Waals surface area contributed by atoms with Crippen molar-refractivity contribution in [1.29, 1.82) is 0 Å². The number of piperidine rings is 1. The van der Waals surface area contributed by atoms with Gasteiger partial charge in [-0.3, -0.25) is 9.69 Å². The number of hydrogen-bond acceptors (Lipinski definition) is 4. The maximum atomic E-state index is 13.2. The monoisotopic (exact) mass is 294 g/mol. The molecule has 0 bridgehead atoms. The van der Waals surface area contributed by atoms with Crippen LogP contribution in [-0.4, -0.2) is 65.3 Å². The van der Waals surface area contributed by atoms with Crippen LogP contribution in [0, 0.1) is 5.92 Å². The summed E-state index contributed by atoms with van der Waals surface area (Å²) in [5.41, 5.74) is 0. The van der Waals surface area contributed by atoms with Crippen LogP contribution in [0.2, 0.25) is 0 Å². The van der Waals surface area contributed by atoms with E-state index in [1.807, 2.05) is 0 Å². The van der Waals surface area contributed by atoms with E-state index in [1.54, 1.807) is 20.9 Å². The molecular formula is C13H24F2N2O3. The molecule has 0 aromatic carbocycles. The predicted molar refractivity (Wildman–Crippen MR) is 70.9 cm³/mol. The number of alkyl halides is 2. The molecule has 0 spiro atoms. The number of aliphatic hydroxyl groups is 1. The second-order valence-electron chi connectivity index (χ2n) is 5.60. The van der Waals surface area contributed by atoms with Gasteiger partial charge in [-0.05, 0) is 14.0 Å². The van der Waals surface area contributed by atoms with E-state index in [9.17, 15) is 23.8 Å². The van der Waals surface area contributed by atoms with Crippen molar-refractivity contribution in [2.75, 3.05) is 20.1 Å². The first kappa shape index (κ1) is 17.3. The second kappa shape index (κ2) is 6.78. The molecule has 1 heterocycles. The van der Waals surface area contributed by atoms with E-state index in [2.05, 4.69) is 5.32 Å². The average Bonchev–Trinajstić information content (AvgIpc) is 2.38. The average molecular weight is 294 g/mol. The molecule has 7 heteroatoms. The molecule has 0 saturated carbocycles. The van der Waals surface area contributed by atoms with Crippen LogP contribution in [-0.2, 0) is 4.79 Å². The number of likely N-dealkylation sites (tertiary alicyclic amines) is 1. The first-order valence-electron chi connectivity index (χ1n) is 6.89. The van der Waals surface area contributed by atoms with Crippen LogP contribution in [0.4, 0.5) is 8.78 Å². The Morgan fingerprint density at radius 2 is 1.80 bits per heavy atom. The molecule has 1 saturated heterocycles. The van der Waals surface area contributed by atoms with Crippen molar-refractivity contribution in [2.24, 2.45) is 5.92 Å². The number of rotatable bonds is 6. The number of nitrogens with one attached hydrogen (secondary N) is 1. The molecule has 4 atom stereocenters. The topological polar surface area (TPSA) is 72.8 Å². The maximum Gasteiger partial charge on any atom is 0.321 e. The van der Waals surface area contributed by atoms with Gasteiger partial charge in [0.25, 0.3) is 5.92 Å². The van der Waals surface area contributed by atoms with Crippen molar-refractivity contribution in [2.45, 2.75) is 50.8 Å². The third-order valence-corrected chi connectivity index (χ3v) is 4.18. The Labute approximate surface area is 118 Å². The van der Waals surface area contributed by atoms with Gasteiger partial charge in [-0.2, -0.15) is 0 Å². The number of hydrogen-bond donors (Lipinski definition) is 3. The van der Waals surface area contributed by atoms with E-state index in [4.69, 9.17) is 0 Å². The summed E-state index contributed by atoms with van der Waals surface area (Å²) in [5, 5.41) is 22.4. The Bertz CT molecular complexity index is 332. The first-order valence-corrected chi connectivity index (χ1v) is 6.89. The first-order chi connectivity index (χ1) is 9.19. The highest BCUT2D eigenvalue weighted by Gasteiger charge is 2.42. The number of aliphatic carboxylic acids is 1. The zero-order valence-corrected chi connectivity index (χ0v) is 12.1.